The first-order valence-corrected chi connectivity index (χ1v) is 9.54. The Hall–Kier alpha value is -1.40. The van der Waals surface area contributed by atoms with Gasteiger partial charge in [-0.3, -0.25) is 4.79 Å². The molecule has 0 aromatic heterocycles. The average Bonchev–Trinajstić information content (AvgIpc) is 2.57. The van der Waals surface area contributed by atoms with E-state index in [-0.39, 0.29) is 18.0 Å². The summed E-state index contributed by atoms with van der Waals surface area (Å²) in [6.45, 7) is 3.44. The predicted octanol–water partition coefficient (Wildman–Crippen LogP) is 3.56. The minimum absolute atomic E-state index is 0.0612. The first-order chi connectivity index (χ1) is 11.6. The number of nitrogens with one attached hydrogen (secondary N) is 1. The molecule has 1 aromatic carbocycles. The lowest BCUT2D eigenvalue weighted by molar-refractivity contribution is -0.121. The molecule has 0 saturated carbocycles. The van der Waals surface area contributed by atoms with Gasteiger partial charge < -0.3 is 15.0 Å². The van der Waals surface area contributed by atoms with Gasteiger partial charge in [0.25, 0.3) is 0 Å². The third-order valence-electron chi connectivity index (χ3n) is 3.80. The van der Waals surface area contributed by atoms with E-state index in [9.17, 15) is 9.59 Å². The van der Waals surface area contributed by atoms with Gasteiger partial charge in [0, 0.05) is 41.2 Å². The summed E-state index contributed by atoms with van der Waals surface area (Å²) in [6.07, 6.45) is 1.76. The lowest BCUT2D eigenvalue weighted by Crippen LogP contribution is -2.46. The zero-order valence-electron chi connectivity index (χ0n) is 13.8. The number of halogens is 1. The molecule has 0 unspecified atom stereocenters. The van der Waals surface area contributed by atoms with E-state index in [1.54, 1.807) is 23.6 Å². The number of thioether (sulfide) groups is 1. The van der Waals surface area contributed by atoms with Crippen molar-refractivity contribution in [2.24, 2.45) is 0 Å². The summed E-state index contributed by atoms with van der Waals surface area (Å²) in [4.78, 5) is 26.5. The molecule has 1 heterocycles. The molecule has 1 fully saturated rings. The van der Waals surface area contributed by atoms with Gasteiger partial charge in [-0.1, -0.05) is 11.6 Å². The average molecular weight is 371 g/mol. The Labute approximate surface area is 152 Å². The Morgan fingerprint density at radius 2 is 1.96 bits per heavy atom. The van der Waals surface area contributed by atoms with E-state index in [4.69, 9.17) is 16.3 Å². The Balaban J connectivity index is 1.63. The highest BCUT2D eigenvalue weighted by atomic mass is 35.5. The van der Waals surface area contributed by atoms with Crippen LogP contribution < -0.4 is 5.32 Å². The molecule has 0 spiro atoms. The SMILES string of the molecule is CCOC(=O)N1CCC(NC(=O)CCSc2ccc(Cl)cc2)CC1. The first-order valence-electron chi connectivity index (χ1n) is 8.18. The number of hydrogen-bond acceptors (Lipinski definition) is 4. The highest BCUT2D eigenvalue weighted by Gasteiger charge is 2.24. The van der Waals surface area contributed by atoms with Gasteiger partial charge in [-0.2, -0.15) is 0 Å². The van der Waals surface area contributed by atoms with Crippen LogP contribution in [0.5, 0.6) is 0 Å². The number of carbonyl (C=O) groups is 2. The van der Waals surface area contributed by atoms with Crippen molar-refractivity contribution in [3.63, 3.8) is 0 Å². The van der Waals surface area contributed by atoms with E-state index in [0.717, 1.165) is 23.5 Å². The maximum atomic E-state index is 12.0. The molecule has 7 heteroatoms. The second-order valence-electron chi connectivity index (χ2n) is 5.58. The molecule has 0 radical (unpaired) electrons. The standard InChI is InChI=1S/C17H23ClN2O3S/c1-2-23-17(22)20-10-7-14(8-11-20)19-16(21)9-12-24-15-5-3-13(18)4-6-15/h3-6,14H,2,7-12H2,1H3,(H,19,21). The number of carbonyl (C=O) groups excluding carboxylic acids is 2. The van der Waals surface area contributed by atoms with E-state index in [2.05, 4.69) is 5.32 Å². The van der Waals surface area contributed by atoms with Crippen molar-refractivity contribution >= 4 is 35.4 Å². The van der Waals surface area contributed by atoms with Crippen LogP contribution in [-0.2, 0) is 9.53 Å². The Morgan fingerprint density at radius 1 is 1.29 bits per heavy atom. The fraction of sp³-hybridized carbons (Fsp3) is 0.529. The molecule has 2 rings (SSSR count). The summed E-state index contributed by atoms with van der Waals surface area (Å²) in [5, 5.41) is 3.77. The monoisotopic (exact) mass is 370 g/mol. The Morgan fingerprint density at radius 3 is 2.58 bits per heavy atom. The summed E-state index contributed by atoms with van der Waals surface area (Å²) in [6, 6.07) is 7.75. The highest BCUT2D eigenvalue weighted by molar-refractivity contribution is 7.99. The second-order valence-corrected chi connectivity index (χ2v) is 7.18. The molecule has 1 aromatic rings. The molecule has 5 nitrogen and oxygen atoms in total. The van der Waals surface area contributed by atoms with Crippen molar-refractivity contribution in [2.75, 3.05) is 25.4 Å². The quantitative estimate of drug-likeness (QED) is 0.778. The molecule has 1 N–H and O–H groups in total. The Kier molecular flexibility index (Phi) is 7.72. The Bertz CT molecular complexity index is 545. The summed E-state index contributed by atoms with van der Waals surface area (Å²) in [7, 11) is 0. The summed E-state index contributed by atoms with van der Waals surface area (Å²) in [5.74, 6) is 0.792. The lowest BCUT2D eigenvalue weighted by Gasteiger charge is -2.31. The van der Waals surface area contributed by atoms with E-state index in [1.807, 2.05) is 24.3 Å². The largest absolute Gasteiger partial charge is 0.450 e. The van der Waals surface area contributed by atoms with Crippen LogP contribution in [0.3, 0.4) is 0 Å². The van der Waals surface area contributed by atoms with Gasteiger partial charge in [0.05, 0.1) is 6.61 Å². The molecule has 0 bridgehead atoms. The zero-order valence-corrected chi connectivity index (χ0v) is 15.4. The molecule has 2 amide bonds. The van der Waals surface area contributed by atoms with Crippen molar-refractivity contribution in [1.29, 1.82) is 0 Å². The van der Waals surface area contributed by atoms with Crippen molar-refractivity contribution in [2.45, 2.75) is 37.1 Å². The highest BCUT2D eigenvalue weighted by Crippen LogP contribution is 2.21. The van der Waals surface area contributed by atoms with E-state index in [1.165, 1.54) is 0 Å². The maximum Gasteiger partial charge on any atom is 0.409 e. The molecule has 1 saturated heterocycles. The molecule has 0 atom stereocenters. The number of amides is 2. The predicted molar refractivity (Wildman–Crippen MR) is 96.6 cm³/mol. The lowest BCUT2D eigenvalue weighted by atomic mass is 10.1. The minimum Gasteiger partial charge on any atom is -0.450 e. The zero-order chi connectivity index (χ0) is 17.4. The molecule has 0 aliphatic carbocycles. The first kappa shape index (κ1) is 18.9. The number of ether oxygens (including phenoxy) is 1. The summed E-state index contributed by atoms with van der Waals surface area (Å²) >= 11 is 7.49. The van der Waals surface area contributed by atoms with Crippen LogP contribution in [0.1, 0.15) is 26.2 Å². The van der Waals surface area contributed by atoms with Crippen LogP contribution in [0, 0.1) is 0 Å². The van der Waals surface area contributed by atoms with Crippen molar-refractivity contribution in [3.05, 3.63) is 29.3 Å². The molecular weight excluding hydrogens is 348 g/mol. The minimum atomic E-state index is -0.262. The van der Waals surface area contributed by atoms with Crippen molar-refractivity contribution < 1.29 is 14.3 Å². The molecule has 1 aliphatic rings. The van der Waals surface area contributed by atoms with Gasteiger partial charge in [-0.25, -0.2) is 4.79 Å². The third-order valence-corrected chi connectivity index (χ3v) is 5.06. The van der Waals surface area contributed by atoms with Crippen LogP contribution in [0.15, 0.2) is 29.2 Å². The van der Waals surface area contributed by atoms with E-state index in [0.29, 0.717) is 31.1 Å². The van der Waals surface area contributed by atoms with Crippen LogP contribution in [0.25, 0.3) is 0 Å². The van der Waals surface area contributed by atoms with Crippen LogP contribution in [0.2, 0.25) is 5.02 Å². The normalized spacial score (nSPS) is 15.2. The summed E-state index contributed by atoms with van der Waals surface area (Å²) in [5.41, 5.74) is 0. The maximum absolute atomic E-state index is 12.0. The number of benzene rings is 1. The fourth-order valence-electron chi connectivity index (χ4n) is 2.51. The van der Waals surface area contributed by atoms with Gasteiger partial charge >= 0.3 is 6.09 Å². The van der Waals surface area contributed by atoms with Gasteiger partial charge in [0.15, 0.2) is 0 Å². The molecule has 132 valence electrons. The van der Waals surface area contributed by atoms with Crippen LogP contribution in [-0.4, -0.2) is 48.4 Å². The number of hydrogen-bond donors (Lipinski definition) is 1. The van der Waals surface area contributed by atoms with Crippen LogP contribution in [0.4, 0.5) is 4.79 Å². The van der Waals surface area contributed by atoms with Gasteiger partial charge in [0.1, 0.15) is 0 Å². The third kappa shape index (κ3) is 6.24. The second kappa shape index (κ2) is 9.79. The van der Waals surface area contributed by atoms with Gasteiger partial charge in [-0.05, 0) is 44.0 Å². The number of nitrogens with zero attached hydrogens (tertiary/aromatic N) is 1. The molecule has 1 aliphatic heterocycles. The molecule has 24 heavy (non-hydrogen) atoms. The fourth-order valence-corrected chi connectivity index (χ4v) is 3.49. The van der Waals surface area contributed by atoms with Gasteiger partial charge in [0.2, 0.25) is 5.91 Å². The van der Waals surface area contributed by atoms with Crippen molar-refractivity contribution in [3.8, 4) is 0 Å². The van der Waals surface area contributed by atoms with E-state index >= 15 is 0 Å². The number of likely N-dealkylation sites (tertiary alicyclic amines) is 1. The topological polar surface area (TPSA) is 58.6 Å². The van der Waals surface area contributed by atoms with E-state index < -0.39 is 0 Å². The number of piperidine rings is 1. The molecular formula is C17H23ClN2O3S. The van der Waals surface area contributed by atoms with Crippen LogP contribution >= 0.6 is 23.4 Å². The van der Waals surface area contributed by atoms with Gasteiger partial charge in [-0.15, -0.1) is 11.8 Å². The van der Waals surface area contributed by atoms with Crippen molar-refractivity contribution in [1.82, 2.24) is 10.2 Å². The smallest absolute Gasteiger partial charge is 0.409 e. The number of rotatable bonds is 6. The summed E-state index contributed by atoms with van der Waals surface area (Å²) < 4.78 is 4.99.